The summed E-state index contributed by atoms with van der Waals surface area (Å²) in [6, 6.07) is 15.0. The summed E-state index contributed by atoms with van der Waals surface area (Å²) in [6.07, 6.45) is 1.29. The van der Waals surface area contributed by atoms with Crippen LogP contribution in [0, 0.1) is 13.8 Å². The lowest BCUT2D eigenvalue weighted by molar-refractivity contribution is -0.118. The molecule has 0 aliphatic carbocycles. The van der Waals surface area contributed by atoms with Crippen LogP contribution in [0.15, 0.2) is 48.5 Å². The van der Waals surface area contributed by atoms with Gasteiger partial charge in [-0.15, -0.1) is 0 Å². The maximum Gasteiger partial charge on any atom is 0.232 e. The summed E-state index contributed by atoms with van der Waals surface area (Å²) in [5, 5.41) is 0. The molecule has 6 heteroatoms. The Morgan fingerprint density at radius 3 is 2.23 bits per heavy atom. The summed E-state index contributed by atoms with van der Waals surface area (Å²) < 4.78 is 25.9. The quantitative estimate of drug-likeness (QED) is 0.745. The summed E-state index contributed by atoms with van der Waals surface area (Å²) in [7, 11) is -3.48. The Morgan fingerprint density at radius 2 is 1.69 bits per heavy atom. The third-order valence-electron chi connectivity index (χ3n) is 4.24. The molecule has 0 atom stereocenters. The molecule has 0 spiro atoms. The fourth-order valence-corrected chi connectivity index (χ4v) is 3.98. The fraction of sp³-hybridized carbons (Fsp3) is 0.350. The van der Waals surface area contributed by atoms with Gasteiger partial charge >= 0.3 is 0 Å². The van der Waals surface area contributed by atoms with E-state index in [9.17, 15) is 13.2 Å². The van der Waals surface area contributed by atoms with E-state index < -0.39 is 10.0 Å². The minimum Gasteiger partial charge on any atom is -0.313 e. The first-order valence-electron chi connectivity index (χ1n) is 8.64. The number of nitrogens with zero attached hydrogens (tertiary/aromatic N) is 2. The lowest BCUT2D eigenvalue weighted by Gasteiger charge is -2.26. The summed E-state index contributed by atoms with van der Waals surface area (Å²) in [6.45, 7) is 6.40. The third kappa shape index (κ3) is 4.85. The van der Waals surface area contributed by atoms with Crippen LogP contribution >= 0.6 is 0 Å². The molecule has 0 N–H and O–H groups in total. The number of anilines is 2. The number of aryl methyl sites for hydroxylation is 2. The first kappa shape index (κ1) is 20.0. The van der Waals surface area contributed by atoms with E-state index in [1.807, 2.05) is 63.2 Å². The van der Waals surface area contributed by atoms with E-state index >= 15 is 0 Å². The zero-order valence-electron chi connectivity index (χ0n) is 15.8. The third-order valence-corrected chi connectivity index (χ3v) is 5.42. The van der Waals surface area contributed by atoms with Crippen LogP contribution in [0.2, 0.25) is 0 Å². The second kappa shape index (κ2) is 8.36. The van der Waals surface area contributed by atoms with Gasteiger partial charge in [-0.1, -0.05) is 35.9 Å². The predicted molar refractivity (Wildman–Crippen MR) is 107 cm³/mol. The molecule has 0 aliphatic rings. The van der Waals surface area contributed by atoms with Crippen LogP contribution in [0.5, 0.6) is 0 Å². The zero-order valence-corrected chi connectivity index (χ0v) is 16.6. The molecule has 2 aromatic rings. The average Bonchev–Trinajstić information content (AvgIpc) is 2.57. The number of para-hydroxylation sites is 1. The first-order valence-corrected chi connectivity index (χ1v) is 10.5. The number of amides is 1. The summed E-state index contributed by atoms with van der Waals surface area (Å²) in [5.41, 5.74) is 3.38. The Hall–Kier alpha value is -2.34. The molecular weight excluding hydrogens is 348 g/mol. The molecule has 0 aliphatic heterocycles. The van der Waals surface area contributed by atoms with E-state index in [1.165, 1.54) is 10.6 Å². The van der Waals surface area contributed by atoms with Gasteiger partial charge in [0.25, 0.3) is 0 Å². The van der Waals surface area contributed by atoms with Crippen LogP contribution in [0.1, 0.15) is 24.5 Å². The Labute approximate surface area is 156 Å². The van der Waals surface area contributed by atoms with E-state index in [2.05, 4.69) is 0 Å². The molecule has 140 valence electrons. The molecule has 0 heterocycles. The van der Waals surface area contributed by atoms with E-state index in [0.717, 1.165) is 16.8 Å². The van der Waals surface area contributed by atoms with Gasteiger partial charge in [0, 0.05) is 25.2 Å². The molecule has 0 bridgehead atoms. The van der Waals surface area contributed by atoms with Gasteiger partial charge in [0.05, 0.1) is 11.9 Å². The average molecular weight is 375 g/mol. The van der Waals surface area contributed by atoms with Crippen molar-refractivity contribution >= 4 is 27.3 Å². The van der Waals surface area contributed by atoms with E-state index in [1.54, 1.807) is 11.0 Å². The first-order chi connectivity index (χ1) is 12.2. The molecule has 2 rings (SSSR count). The summed E-state index contributed by atoms with van der Waals surface area (Å²) in [5.74, 6) is -0.0999. The number of rotatable bonds is 7. The number of carbonyl (C=O) groups excluding carboxylic acids is 1. The molecule has 0 saturated carbocycles. The molecule has 2 aromatic carbocycles. The zero-order chi connectivity index (χ0) is 19.3. The molecular formula is C20H26N2O3S. The highest BCUT2D eigenvalue weighted by Crippen LogP contribution is 2.24. The van der Waals surface area contributed by atoms with E-state index in [4.69, 9.17) is 0 Å². The minimum absolute atomic E-state index is 0.0999. The molecule has 1 amide bonds. The highest BCUT2D eigenvalue weighted by molar-refractivity contribution is 7.92. The normalized spacial score (nSPS) is 11.2. The monoisotopic (exact) mass is 374 g/mol. The SMILES string of the molecule is CCN(C(=O)CCN(c1ccc(C)cc1C)S(C)(=O)=O)c1ccccc1. The van der Waals surface area contributed by atoms with Crippen LogP contribution in [-0.2, 0) is 14.8 Å². The van der Waals surface area contributed by atoms with Crippen molar-refractivity contribution in [1.29, 1.82) is 0 Å². The molecule has 0 fully saturated rings. The fourth-order valence-electron chi connectivity index (χ4n) is 2.99. The Bertz CT molecular complexity index is 864. The van der Waals surface area contributed by atoms with Crippen molar-refractivity contribution in [3.8, 4) is 0 Å². The summed E-state index contributed by atoms with van der Waals surface area (Å²) in [4.78, 5) is 14.4. The number of hydrogen-bond acceptors (Lipinski definition) is 3. The molecule has 0 radical (unpaired) electrons. The van der Waals surface area contributed by atoms with Gasteiger partial charge in [0.1, 0.15) is 0 Å². The molecule has 0 aromatic heterocycles. The maximum atomic E-state index is 12.7. The van der Waals surface area contributed by atoms with Crippen molar-refractivity contribution in [1.82, 2.24) is 0 Å². The highest BCUT2D eigenvalue weighted by Gasteiger charge is 2.22. The maximum absolute atomic E-state index is 12.7. The van der Waals surface area contributed by atoms with Crippen molar-refractivity contribution in [2.75, 3.05) is 28.6 Å². The second-order valence-electron chi connectivity index (χ2n) is 6.35. The van der Waals surface area contributed by atoms with Crippen LogP contribution in [-0.4, -0.2) is 33.7 Å². The van der Waals surface area contributed by atoms with Crippen molar-refractivity contribution in [3.63, 3.8) is 0 Å². The highest BCUT2D eigenvalue weighted by atomic mass is 32.2. The van der Waals surface area contributed by atoms with Gasteiger partial charge in [0.2, 0.25) is 15.9 Å². The smallest absolute Gasteiger partial charge is 0.232 e. The number of sulfonamides is 1. The second-order valence-corrected chi connectivity index (χ2v) is 8.26. The van der Waals surface area contributed by atoms with Gasteiger partial charge in [0.15, 0.2) is 0 Å². The van der Waals surface area contributed by atoms with Crippen LogP contribution in [0.3, 0.4) is 0 Å². The van der Waals surface area contributed by atoms with Crippen LogP contribution in [0.4, 0.5) is 11.4 Å². The van der Waals surface area contributed by atoms with Gasteiger partial charge in [-0.2, -0.15) is 0 Å². The lowest BCUT2D eigenvalue weighted by Crippen LogP contribution is -2.37. The van der Waals surface area contributed by atoms with Gasteiger partial charge in [-0.3, -0.25) is 9.10 Å². The number of hydrogen-bond donors (Lipinski definition) is 0. The van der Waals surface area contributed by atoms with Gasteiger partial charge in [-0.05, 0) is 44.5 Å². The topological polar surface area (TPSA) is 57.7 Å². The largest absolute Gasteiger partial charge is 0.313 e. The van der Waals surface area contributed by atoms with Gasteiger partial charge < -0.3 is 4.90 Å². The molecule has 0 unspecified atom stereocenters. The van der Waals surface area contributed by atoms with Gasteiger partial charge in [-0.25, -0.2) is 8.42 Å². The minimum atomic E-state index is -3.48. The molecule has 0 saturated heterocycles. The van der Waals surface area contributed by atoms with E-state index in [0.29, 0.717) is 12.2 Å². The molecule has 5 nitrogen and oxygen atoms in total. The predicted octanol–water partition coefficient (Wildman–Crippen LogP) is 3.51. The van der Waals surface area contributed by atoms with Crippen molar-refractivity contribution in [2.45, 2.75) is 27.2 Å². The Morgan fingerprint density at radius 1 is 1.04 bits per heavy atom. The van der Waals surface area contributed by atoms with Crippen molar-refractivity contribution in [2.24, 2.45) is 0 Å². The van der Waals surface area contributed by atoms with Crippen molar-refractivity contribution < 1.29 is 13.2 Å². The lowest BCUT2D eigenvalue weighted by atomic mass is 10.1. The van der Waals surface area contributed by atoms with Crippen LogP contribution < -0.4 is 9.21 Å². The summed E-state index contributed by atoms with van der Waals surface area (Å²) >= 11 is 0. The molecule has 26 heavy (non-hydrogen) atoms. The number of carbonyl (C=O) groups is 1. The van der Waals surface area contributed by atoms with Crippen LogP contribution in [0.25, 0.3) is 0 Å². The standard InChI is InChI=1S/C20H26N2O3S/c1-5-21(18-9-7-6-8-10-18)20(23)13-14-22(26(4,24)25)19-12-11-16(2)15-17(19)3/h6-12,15H,5,13-14H2,1-4H3. The van der Waals surface area contributed by atoms with Crippen molar-refractivity contribution in [3.05, 3.63) is 59.7 Å². The number of benzene rings is 2. The Kier molecular flexibility index (Phi) is 6.42. The Balaban J connectivity index is 2.21. The van der Waals surface area contributed by atoms with E-state index in [-0.39, 0.29) is 18.9 Å².